The Morgan fingerprint density at radius 3 is 2.61 bits per heavy atom. The third-order valence-corrected chi connectivity index (χ3v) is 3.19. The van der Waals surface area contributed by atoms with Crippen LogP contribution in [0.2, 0.25) is 0 Å². The Morgan fingerprint density at radius 2 is 1.96 bits per heavy atom. The predicted molar refractivity (Wildman–Crippen MR) is 109 cm³/mol. The van der Waals surface area contributed by atoms with Crippen molar-refractivity contribution in [2.45, 2.75) is 46.1 Å². The molecule has 1 aromatic rings. The minimum Gasteiger partial charge on any atom is -0.356 e. The van der Waals surface area contributed by atoms with E-state index < -0.39 is 0 Å². The summed E-state index contributed by atoms with van der Waals surface area (Å²) >= 11 is 0. The smallest absolute Gasteiger partial charge is 0.224 e. The van der Waals surface area contributed by atoms with Gasteiger partial charge in [0.2, 0.25) is 5.91 Å². The van der Waals surface area contributed by atoms with Gasteiger partial charge in [0.1, 0.15) is 0 Å². The second kappa shape index (κ2) is 13.2. The first-order valence-corrected chi connectivity index (χ1v) is 8.02. The lowest BCUT2D eigenvalue weighted by Crippen LogP contribution is -2.37. The van der Waals surface area contributed by atoms with Crippen LogP contribution in [0.5, 0.6) is 0 Å². The Morgan fingerprint density at radius 1 is 1.17 bits per heavy atom. The van der Waals surface area contributed by atoms with E-state index in [0.29, 0.717) is 13.0 Å². The van der Waals surface area contributed by atoms with Crippen LogP contribution in [0.15, 0.2) is 29.3 Å². The van der Waals surface area contributed by atoms with Crippen LogP contribution in [-0.4, -0.2) is 25.5 Å². The van der Waals surface area contributed by atoms with Gasteiger partial charge in [-0.15, -0.1) is 24.0 Å². The summed E-state index contributed by atoms with van der Waals surface area (Å²) in [6.07, 6.45) is 3.69. The molecule has 0 fully saturated rings. The molecular weight excluding hydrogens is 403 g/mol. The number of nitrogens with zero attached hydrogens (tertiary/aromatic N) is 1. The van der Waals surface area contributed by atoms with Gasteiger partial charge in [-0.25, -0.2) is 0 Å². The number of halogens is 1. The highest BCUT2D eigenvalue weighted by molar-refractivity contribution is 14.0. The number of anilines is 1. The monoisotopic (exact) mass is 432 g/mol. The van der Waals surface area contributed by atoms with Gasteiger partial charge in [0.05, 0.1) is 0 Å². The van der Waals surface area contributed by atoms with Crippen molar-refractivity contribution in [2.75, 3.05) is 18.9 Å². The summed E-state index contributed by atoms with van der Waals surface area (Å²) in [5.41, 5.74) is 1.94. The van der Waals surface area contributed by atoms with Gasteiger partial charge in [-0.2, -0.15) is 0 Å². The fourth-order valence-electron chi connectivity index (χ4n) is 2.00. The highest BCUT2D eigenvalue weighted by Gasteiger charge is 2.02. The zero-order valence-corrected chi connectivity index (χ0v) is 16.6. The van der Waals surface area contributed by atoms with Crippen LogP contribution in [0.25, 0.3) is 0 Å². The highest BCUT2D eigenvalue weighted by Crippen LogP contribution is 2.11. The summed E-state index contributed by atoms with van der Waals surface area (Å²) in [5.74, 6) is 0.860. The van der Waals surface area contributed by atoms with Crippen molar-refractivity contribution in [3.05, 3.63) is 29.8 Å². The average Bonchev–Trinajstić information content (AvgIpc) is 2.51. The molecule has 1 amide bonds. The number of carbonyl (C=O) groups is 1. The lowest BCUT2D eigenvalue weighted by atomic mass is 10.2. The Balaban J connectivity index is 0.00000484. The lowest BCUT2D eigenvalue weighted by Gasteiger charge is -2.12. The van der Waals surface area contributed by atoms with E-state index >= 15 is 0 Å². The van der Waals surface area contributed by atoms with Gasteiger partial charge in [0, 0.05) is 32.2 Å². The molecule has 0 aliphatic carbocycles. The molecule has 0 saturated heterocycles. The first-order valence-electron chi connectivity index (χ1n) is 8.02. The molecule has 1 rings (SSSR count). The summed E-state index contributed by atoms with van der Waals surface area (Å²) in [6, 6.07) is 7.87. The number of guanidine groups is 1. The van der Waals surface area contributed by atoms with E-state index in [-0.39, 0.29) is 29.9 Å². The minimum absolute atomic E-state index is 0. The van der Waals surface area contributed by atoms with Gasteiger partial charge in [0.15, 0.2) is 5.96 Å². The topological polar surface area (TPSA) is 65.5 Å². The molecular formula is C17H29IN4O. The van der Waals surface area contributed by atoms with Gasteiger partial charge >= 0.3 is 0 Å². The average molecular weight is 432 g/mol. The number of benzene rings is 1. The van der Waals surface area contributed by atoms with E-state index in [4.69, 9.17) is 0 Å². The summed E-state index contributed by atoms with van der Waals surface area (Å²) < 4.78 is 0. The number of hydrogen-bond acceptors (Lipinski definition) is 2. The molecule has 0 unspecified atom stereocenters. The molecule has 0 atom stereocenters. The third kappa shape index (κ3) is 9.43. The Labute approximate surface area is 156 Å². The van der Waals surface area contributed by atoms with Crippen molar-refractivity contribution in [1.29, 1.82) is 0 Å². The number of amides is 1. The molecule has 0 aliphatic rings. The molecule has 1 aromatic carbocycles. The van der Waals surface area contributed by atoms with Crippen molar-refractivity contribution in [2.24, 2.45) is 4.99 Å². The molecule has 0 spiro atoms. The van der Waals surface area contributed by atoms with E-state index in [1.807, 2.05) is 31.2 Å². The van der Waals surface area contributed by atoms with E-state index in [1.165, 1.54) is 0 Å². The molecule has 3 N–H and O–H groups in total. The number of rotatable bonds is 8. The van der Waals surface area contributed by atoms with E-state index in [9.17, 15) is 4.79 Å². The van der Waals surface area contributed by atoms with Gasteiger partial charge in [0.25, 0.3) is 0 Å². The van der Waals surface area contributed by atoms with Crippen LogP contribution in [0.4, 0.5) is 5.69 Å². The van der Waals surface area contributed by atoms with Crippen molar-refractivity contribution in [3.8, 4) is 0 Å². The Hall–Kier alpha value is -1.31. The molecule has 6 heteroatoms. The molecule has 0 bridgehead atoms. The molecule has 23 heavy (non-hydrogen) atoms. The van der Waals surface area contributed by atoms with E-state index in [2.05, 4.69) is 27.9 Å². The van der Waals surface area contributed by atoms with Crippen LogP contribution < -0.4 is 16.0 Å². The standard InChI is InChI=1S/C17H28N4O.HI/c1-4-6-11-19-17(18-3)20-13-14-9-7-10-15(12-14)21-16(22)8-5-2;/h7,9-10,12H,4-6,8,11,13H2,1-3H3,(H,21,22)(H2,18,19,20);1H. The van der Waals surface area contributed by atoms with E-state index in [1.54, 1.807) is 7.05 Å². The van der Waals surface area contributed by atoms with Crippen molar-refractivity contribution >= 4 is 41.5 Å². The molecule has 0 saturated carbocycles. The summed E-state index contributed by atoms with van der Waals surface area (Å²) in [6.45, 7) is 5.75. The molecule has 0 aromatic heterocycles. The minimum atomic E-state index is 0. The molecule has 130 valence electrons. The number of hydrogen-bond donors (Lipinski definition) is 3. The Bertz CT molecular complexity index is 491. The molecule has 0 aliphatic heterocycles. The van der Waals surface area contributed by atoms with Crippen LogP contribution in [0, 0.1) is 0 Å². The zero-order chi connectivity index (χ0) is 16.2. The van der Waals surface area contributed by atoms with Gasteiger partial charge in [-0.1, -0.05) is 32.4 Å². The van der Waals surface area contributed by atoms with Crippen molar-refractivity contribution in [1.82, 2.24) is 10.6 Å². The quantitative estimate of drug-likeness (QED) is 0.255. The molecule has 0 radical (unpaired) electrons. The molecule has 5 nitrogen and oxygen atoms in total. The number of nitrogens with one attached hydrogen (secondary N) is 3. The fourth-order valence-corrected chi connectivity index (χ4v) is 2.00. The first-order chi connectivity index (χ1) is 10.7. The summed E-state index contributed by atoms with van der Waals surface area (Å²) in [7, 11) is 1.77. The zero-order valence-electron chi connectivity index (χ0n) is 14.3. The van der Waals surface area contributed by atoms with Crippen LogP contribution in [0.1, 0.15) is 45.1 Å². The largest absolute Gasteiger partial charge is 0.356 e. The maximum Gasteiger partial charge on any atom is 0.224 e. The van der Waals surface area contributed by atoms with Crippen LogP contribution >= 0.6 is 24.0 Å². The second-order valence-corrected chi connectivity index (χ2v) is 5.20. The Kier molecular flexibility index (Phi) is 12.4. The normalized spacial score (nSPS) is 10.7. The first kappa shape index (κ1) is 21.7. The maximum atomic E-state index is 11.6. The third-order valence-electron chi connectivity index (χ3n) is 3.19. The second-order valence-electron chi connectivity index (χ2n) is 5.20. The SMILES string of the molecule is CCCCNC(=NC)NCc1cccc(NC(=O)CCC)c1.I. The number of aliphatic imine (C=N–C) groups is 1. The van der Waals surface area contributed by atoms with Gasteiger partial charge in [-0.3, -0.25) is 9.79 Å². The summed E-state index contributed by atoms with van der Waals surface area (Å²) in [5, 5.41) is 9.46. The maximum absolute atomic E-state index is 11.6. The fraction of sp³-hybridized carbons (Fsp3) is 0.529. The van der Waals surface area contributed by atoms with Crippen LogP contribution in [0.3, 0.4) is 0 Å². The van der Waals surface area contributed by atoms with Crippen LogP contribution in [-0.2, 0) is 11.3 Å². The number of carbonyl (C=O) groups excluding carboxylic acids is 1. The molecule has 0 heterocycles. The lowest BCUT2D eigenvalue weighted by molar-refractivity contribution is -0.116. The summed E-state index contributed by atoms with van der Waals surface area (Å²) in [4.78, 5) is 15.8. The predicted octanol–water partition coefficient (Wildman–Crippen LogP) is 3.51. The number of unbranched alkanes of at least 4 members (excludes halogenated alkanes) is 1. The highest BCUT2D eigenvalue weighted by atomic mass is 127. The van der Waals surface area contributed by atoms with Crippen molar-refractivity contribution in [3.63, 3.8) is 0 Å². The van der Waals surface area contributed by atoms with Gasteiger partial charge in [-0.05, 0) is 30.5 Å². The van der Waals surface area contributed by atoms with E-state index in [0.717, 1.165) is 43.0 Å². The van der Waals surface area contributed by atoms with Gasteiger partial charge < -0.3 is 16.0 Å². The van der Waals surface area contributed by atoms with Crippen molar-refractivity contribution < 1.29 is 4.79 Å².